The van der Waals surface area contributed by atoms with Crippen LogP contribution in [0.1, 0.15) is 18.4 Å². The van der Waals surface area contributed by atoms with E-state index in [4.69, 9.17) is 27.9 Å². The summed E-state index contributed by atoms with van der Waals surface area (Å²) in [6.07, 6.45) is 4.09. The van der Waals surface area contributed by atoms with Crippen LogP contribution in [0.25, 0.3) is 0 Å². The van der Waals surface area contributed by atoms with Crippen LogP contribution in [0.3, 0.4) is 0 Å². The van der Waals surface area contributed by atoms with E-state index in [1.807, 2.05) is 18.2 Å². The van der Waals surface area contributed by atoms with E-state index in [2.05, 4.69) is 10.3 Å². The lowest BCUT2D eigenvalue weighted by Gasteiger charge is -2.10. The second kappa shape index (κ2) is 6.00. The fourth-order valence-corrected chi connectivity index (χ4v) is 2.18. The molecule has 104 valence electrons. The Morgan fingerprint density at radius 2 is 2.00 bits per heavy atom. The van der Waals surface area contributed by atoms with E-state index in [9.17, 15) is 0 Å². The minimum Gasteiger partial charge on any atom is -0.437 e. The van der Waals surface area contributed by atoms with E-state index >= 15 is 0 Å². The SMILES string of the molecule is Clc1cnc(Oc2ccccc2Cl)cc1CNC1CC1. The largest absolute Gasteiger partial charge is 0.437 e. The molecule has 2 aromatic rings. The fourth-order valence-electron chi connectivity index (χ4n) is 1.83. The molecule has 20 heavy (non-hydrogen) atoms. The maximum atomic E-state index is 6.15. The Morgan fingerprint density at radius 3 is 2.75 bits per heavy atom. The lowest BCUT2D eigenvalue weighted by Crippen LogP contribution is -2.15. The molecule has 1 fully saturated rings. The zero-order valence-corrected chi connectivity index (χ0v) is 12.3. The number of hydrogen-bond acceptors (Lipinski definition) is 3. The van der Waals surface area contributed by atoms with E-state index in [0.717, 1.165) is 12.1 Å². The molecule has 0 amide bonds. The van der Waals surface area contributed by atoms with Gasteiger partial charge < -0.3 is 10.1 Å². The van der Waals surface area contributed by atoms with Crippen molar-refractivity contribution in [2.45, 2.75) is 25.4 Å². The smallest absolute Gasteiger partial charge is 0.219 e. The van der Waals surface area contributed by atoms with Gasteiger partial charge in [-0.2, -0.15) is 0 Å². The molecule has 3 rings (SSSR count). The molecule has 0 unspecified atom stereocenters. The number of aromatic nitrogens is 1. The predicted octanol–water partition coefficient (Wildman–Crippen LogP) is 4.43. The first kappa shape index (κ1) is 13.7. The third-order valence-corrected chi connectivity index (χ3v) is 3.77. The molecule has 0 radical (unpaired) electrons. The van der Waals surface area contributed by atoms with Gasteiger partial charge in [-0.25, -0.2) is 4.98 Å². The molecule has 3 nitrogen and oxygen atoms in total. The van der Waals surface area contributed by atoms with Gasteiger partial charge >= 0.3 is 0 Å². The zero-order chi connectivity index (χ0) is 13.9. The Labute approximate surface area is 127 Å². The van der Waals surface area contributed by atoms with Gasteiger partial charge in [0.05, 0.1) is 10.0 Å². The van der Waals surface area contributed by atoms with Crippen LogP contribution in [0.15, 0.2) is 36.5 Å². The summed E-state index contributed by atoms with van der Waals surface area (Å²) in [5.41, 5.74) is 0.982. The highest BCUT2D eigenvalue weighted by atomic mass is 35.5. The maximum Gasteiger partial charge on any atom is 0.219 e. The van der Waals surface area contributed by atoms with E-state index in [-0.39, 0.29) is 0 Å². The third-order valence-electron chi connectivity index (χ3n) is 3.12. The van der Waals surface area contributed by atoms with Crippen LogP contribution in [-0.2, 0) is 6.54 Å². The average molecular weight is 309 g/mol. The fraction of sp³-hybridized carbons (Fsp3) is 0.267. The van der Waals surface area contributed by atoms with Crippen molar-refractivity contribution in [3.05, 3.63) is 52.1 Å². The second-order valence-electron chi connectivity index (χ2n) is 4.80. The van der Waals surface area contributed by atoms with Crippen molar-refractivity contribution in [2.24, 2.45) is 0 Å². The maximum absolute atomic E-state index is 6.15. The van der Waals surface area contributed by atoms with Gasteiger partial charge in [-0.05, 0) is 30.5 Å². The van der Waals surface area contributed by atoms with Crippen LogP contribution < -0.4 is 10.1 Å². The third kappa shape index (κ3) is 3.42. The molecule has 0 atom stereocenters. The van der Waals surface area contributed by atoms with Crippen molar-refractivity contribution in [1.82, 2.24) is 10.3 Å². The summed E-state index contributed by atoms with van der Waals surface area (Å²) in [6, 6.07) is 9.79. The number of nitrogens with zero attached hydrogens (tertiary/aromatic N) is 1. The Bertz CT molecular complexity index is 615. The minimum absolute atomic E-state index is 0.495. The zero-order valence-electron chi connectivity index (χ0n) is 10.8. The Kier molecular flexibility index (Phi) is 4.10. The topological polar surface area (TPSA) is 34.1 Å². The van der Waals surface area contributed by atoms with Gasteiger partial charge in [-0.15, -0.1) is 0 Å². The molecule has 0 spiro atoms. The first-order valence-electron chi connectivity index (χ1n) is 6.52. The molecule has 1 aliphatic carbocycles. The first-order valence-corrected chi connectivity index (χ1v) is 7.28. The molecule has 1 aromatic carbocycles. The summed E-state index contributed by atoms with van der Waals surface area (Å²) < 4.78 is 5.70. The van der Waals surface area contributed by atoms with Gasteiger partial charge in [0.2, 0.25) is 5.88 Å². The summed E-state index contributed by atoms with van der Waals surface area (Å²) in [5.74, 6) is 1.08. The van der Waals surface area contributed by atoms with Crippen LogP contribution >= 0.6 is 23.2 Å². The number of nitrogens with one attached hydrogen (secondary N) is 1. The van der Waals surface area contributed by atoms with Gasteiger partial charge in [-0.3, -0.25) is 0 Å². The van der Waals surface area contributed by atoms with Crippen LogP contribution in [0.2, 0.25) is 10.0 Å². The Morgan fingerprint density at radius 1 is 1.20 bits per heavy atom. The molecule has 5 heteroatoms. The summed E-state index contributed by atoms with van der Waals surface area (Å²) >= 11 is 12.2. The van der Waals surface area contributed by atoms with E-state index in [1.165, 1.54) is 12.8 Å². The number of ether oxygens (including phenoxy) is 1. The predicted molar refractivity (Wildman–Crippen MR) is 80.6 cm³/mol. The lowest BCUT2D eigenvalue weighted by atomic mass is 10.2. The van der Waals surface area contributed by atoms with E-state index in [1.54, 1.807) is 18.3 Å². The Hall–Kier alpha value is -1.29. The molecule has 1 saturated carbocycles. The molecule has 1 N–H and O–H groups in total. The van der Waals surface area contributed by atoms with E-state index < -0.39 is 0 Å². The molecular formula is C15H14Cl2N2O. The number of hydrogen-bond donors (Lipinski definition) is 1. The summed E-state index contributed by atoms with van der Waals surface area (Å²) in [4.78, 5) is 4.18. The molecule has 1 aliphatic rings. The van der Waals surface area contributed by atoms with E-state index in [0.29, 0.717) is 27.7 Å². The normalized spacial score (nSPS) is 14.3. The number of halogens is 2. The van der Waals surface area contributed by atoms with Crippen molar-refractivity contribution < 1.29 is 4.74 Å². The molecule has 1 aromatic heterocycles. The molecule has 1 heterocycles. The summed E-state index contributed by atoms with van der Waals surface area (Å²) in [6.45, 7) is 0.727. The van der Waals surface area contributed by atoms with Crippen LogP contribution in [-0.4, -0.2) is 11.0 Å². The minimum atomic E-state index is 0.495. The van der Waals surface area contributed by atoms with Gasteiger partial charge in [0, 0.05) is 24.8 Å². The summed E-state index contributed by atoms with van der Waals surface area (Å²) in [5, 5.41) is 4.62. The van der Waals surface area contributed by atoms with Gasteiger partial charge in [0.25, 0.3) is 0 Å². The van der Waals surface area contributed by atoms with Gasteiger partial charge in [0.1, 0.15) is 5.75 Å². The number of benzene rings is 1. The monoisotopic (exact) mass is 308 g/mol. The lowest BCUT2D eigenvalue weighted by molar-refractivity contribution is 0.462. The molecule has 0 bridgehead atoms. The van der Waals surface area contributed by atoms with Crippen molar-refractivity contribution in [3.8, 4) is 11.6 Å². The highest BCUT2D eigenvalue weighted by molar-refractivity contribution is 6.32. The van der Waals surface area contributed by atoms with Crippen molar-refractivity contribution in [3.63, 3.8) is 0 Å². The first-order chi connectivity index (χ1) is 9.72. The molecule has 0 saturated heterocycles. The quantitative estimate of drug-likeness (QED) is 0.887. The van der Waals surface area contributed by atoms with Crippen molar-refractivity contribution >= 4 is 23.2 Å². The number of rotatable bonds is 5. The second-order valence-corrected chi connectivity index (χ2v) is 5.62. The average Bonchev–Trinajstić information content (AvgIpc) is 3.26. The van der Waals surface area contributed by atoms with Crippen molar-refractivity contribution in [1.29, 1.82) is 0 Å². The van der Waals surface area contributed by atoms with Gasteiger partial charge in [0.15, 0.2) is 0 Å². The highest BCUT2D eigenvalue weighted by Crippen LogP contribution is 2.29. The van der Waals surface area contributed by atoms with Crippen LogP contribution in [0, 0.1) is 0 Å². The highest BCUT2D eigenvalue weighted by Gasteiger charge is 2.20. The standard InChI is InChI=1S/C15H14Cl2N2O/c16-12-3-1-2-4-14(12)20-15-7-10(13(17)9-19-15)8-18-11-5-6-11/h1-4,7,9,11,18H,5-6,8H2. The Balaban J connectivity index is 1.75. The molecule has 0 aliphatic heterocycles. The molecular weight excluding hydrogens is 295 g/mol. The summed E-state index contributed by atoms with van der Waals surface area (Å²) in [7, 11) is 0. The van der Waals surface area contributed by atoms with Crippen LogP contribution in [0.4, 0.5) is 0 Å². The number of pyridine rings is 1. The van der Waals surface area contributed by atoms with Gasteiger partial charge in [-0.1, -0.05) is 35.3 Å². The number of para-hydroxylation sites is 1. The van der Waals surface area contributed by atoms with Crippen LogP contribution in [0.5, 0.6) is 11.6 Å². The van der Waals surface area contributed by atoms with Crippen molar-refractivity contribution in [2.75, 3.05) is 0 Å².